The third kappa shape index (κ3) is 5.01. The molecule has 0 spiro atoms. The van der Waals surface area contributed by atoms with E-state index in [1.165, 1.54) is 19.6 Å². The number of hydrogen-bond donors (Lipinski definition) is 1. The summed E-state index contributed by atoms with van der Waals surface area (Å²) in [6.45, 7) is 1.57. The molecule has 0 saturated heterocycles. The molecule has 8 heteroatoms. The highest BCUT2D eigenvalue weighted by Crippen LogP contribution is 2.34. The minimum absolute atomic E-state index is 0.103. The van der Waals surface area contributed by atoms with Crippen LogP contribution in [0.1, 0.15) is 39.0 Å². The van der Waals surface area contributed by atoms with E-state index in [0.29, 0.717) is 10.8 Å². The largest absolute Gasteiger partial charge is 0.495 e. The van der Waals surface area contributed by atoms with E-state index in [0.717, 1.165) is 36.2 Å². The number of halogens is 1. The zero-order valence-corrected chi connectivity index (χ0v) is 16.4. The fourth-order valence-electron chi connectivity index (χ4n) is 3.19. The van der Waals surface area contributed by atoms with Gasteiger partial charge in [0.15, 0.2) is 0 Å². The molecule has 0 unspecified atom stereocenters. The number of methoxy groups -OCH3 is 1. The summed E-state index contributed by atoms with van der Waals surface area (Å²) >= 11 is 6.03. The number of anilines is 1. The molecule has 1 fully saturated rings. The standard InChI is InChI=1S/C17H25ClN2O4S/c1-12(17(21)19-14-7-5-4-6-8-14)20(25(3,22)23)15-11-13(18)9-10-16(15)24-2/h9-12,14H,4-8H2,1-3H3,(H,19,21)/t12-/m1/s1. The monoisotopic (exact) mass is 388 g/mol. The van der Waals surface area contributed by atoms with Crippen molar-refractivity contribution in [2.24, 2.45) is 0 Å². The van der Waals surface area contributed by atoms with Gasteiger partial charge in [-0.3, -0.25) is 9.10 Å². The Balaban J connectivity index is 2.31. The van der Waals surface area contributed by atoms with Crippen LogP contribution in [0.4, 0.5) is 5.69 Å². The predicted octanol–water partition coefficient (Wildman–Crippen LogP) is 2.95. The SMILES string of the molecule is COc1ccc(Cl)cc1N([C@H](C)C(=O)NC1CCCCC1)S(C)(=O)=O. The second kappa shape index (κ2) is 8.27. The normalized spacial score (nSPS) is 17.0. The molecule has 140 valence electrons. The van der Waals surface area contributed by atoms with Gasteiger partial charge in [0.25, 0.3) is 0 Å². The Bertz CT molecular complexity index is 717. The summed E-state index contributed by atoms with van der Waals surface area (Å²) in [7, 11) is -2.27. The van der Waals surface area contributed by atoms with E-state index >= 15 is 0 Å². The summed E-state index contributed by atoms with van der Waals surface area (Å²) in [5.41, 5.74) is 0.254. The summed E-state index contributed by atoms with van der Waals surface area (Å²) < 4.78 is 31.1. The van der Waals surface area contributed by atoms with Gasteiger partial charge in [-0.05, 0) is 38.0 Å². The number of sulfonamides is 1. The van der Waals surface area contributed by atoms with Crippen molar-refractivity contribution in [3.8, 4) is 5.75 Å². The second-order valence-electron chi connectivity index (χ2n) is 6.39. The Morgan fingerprint density at radius 1 is 1.32 bits per heavy atom. The van der Waals surface area contributed by atoms with E-state index in [-0.39, 0.29) is 17.6 Å². The summed E-state index contributed by atoms with van der Waals surface area (Å²) in [4.78, 5) is 12.7. The Morgan fingerprint density at radius 3 is 2.52 bits per heavy atom. The molecule has 0 heterocycles. The number of carbonyl (C=O) groups is 1. The average Bonchev–Trinajstić information content (AvgIpc) is 2.55. The first kappa shape index (κ1) is 19.8. The average molecular weight is 389 g/mol. The lowest BCUT2D eigenvalue weighted by Crippen LogP contribution is -2.50. The molecule has 1 saturated carbocycles. The van der Waals surface area contributed by atoms with E-state index in [1.54, 1.807) is 19.1 Å². The van der Waals surface area contributed by atoms with Crippen molar-refractivity contribution in [2.75, 3.05) is 17.7 Å². The number of amides is 1. The Kier molecular flexibility index (Phi) is 6.57. The van der Waals surface area contributed by atoms with E-state index in [1.807, 2.05) is 0 Å². The van der Waals surface area contributed by atoms with E-state index in [2.05, 4.69) is 5.32 Å². The van der Waals surface area contributed by atoms with Crippen LogP contribution in [0.15, 0.2) is 18.2 Å². The van der Waals surface area contributed by atoms with Gasteiger partial charge in [0.2, 0.25) is 15.9 Å². The van der Waals surface area contributed by atoms with Crippen LogP contribution in [0.2, 0.25) is 5.02 Å². The van der Waals surface area contributed by atoms with Gasteiger partial charge in [-0.25, -0.2) is 8.42 Å². The van der Waals surface area contributed by atoms with Crippen molar-refractivity contribution in [1.82, 2.24) is 5.32 Å². The van der Waals surface area contributed by atoms with Crippen LogP contribution in [-0.4, -0.2) is 39.8 Å². The molecule has 1 aromatic rings. The van der Waals surface area contributed by atoms with Crippen molar-refractivity contribution in [2.45, 2.75) is 51.1 Å². The number of ether oxygens (including phenoxy) is 1. The van der Waals surface area contributed by atoms with E-state index < -0.39 is 16.1 Å². The highest BCUT2D eigenvalue weighted by molar-refractivity contribution is 7.92. The maximum atomic E-state index is 12.7. The van der Waals surface area contributed by atoms with Gasteiger partial charge in [0.1, 0.15) is 11.8 Å². The summed E-state index contributed by atoms with van der Waals surface area (Å²) in [6, 6.07) is 3.88. The molecular formula is C17H25ClN2O4S. The van der Waals surface area contributed by atoms with Crippen LogP contribution in [0.3, 0.4) is 0 Å². The smallest absolute Gasteiger partial charge is 0.243 e. The van der Waals surface area contributed by atoms with Crippen molar-refractivity contribution in [3.63, 3.8) is 0 Å². The predicted molar refractivity (Wildman–Crippen MR) is 99.8 cm³/mol. The fourth-order valence-corrected chi connectivity index (χ4v) is 4.52. The molecule has 25 heavy (non-hydrogen) atoms. The number of nitrogens with zero attached hydrogens (tertiary/aromatic N) is 1. The Hall–Kier alpha value is -1.47. The molecule has 1 aliphatic rings. The van der Waals surface area contributed by atoms with Crippen LogP contribution < -0.4 is 14.4 Å². The third-order valence-electron chi connectivity index (χ3n) is 4.42. The molecule has 0 bridgehead atoms. The molecular weight excluding hydrogens is 364 g/mol. The Labute approximate surface area is 154 Å². The molecule has 1 atom stereocenters. The van der Waals surface area contributed by atoms with Crippen LogP contribution >= 0.6 is 11.6 Å². The minimum Gasteiger partial charge on any atom is -0.495 e. The summed E-state index contributed by atoms with van der Waals surface area (Å²) in [6.07, 6.45) is 6.26. The molecule has 0 aromatic heterocycles. The molecule has 0 aliphatic heterocycles. The van der Waals surface area contributed by atoms with Gasteiger partial charge in [0, 0.05) is 11.1 Å². The highest BCUT2D eigenvalue weighted by Gasteiger charge is 2.32. The lowest BCUT2D eigenvalue weighted by Gasteiger charge is -2.31. The third-order valence-corrected chi connectivity index (χ3v) is 5.88. The molecule has 2 rings (SSSR count). The highest BCUT2D eigenvalue weighted by atomic mass is 35.5. The molecule has 1 aliphatic carbocycles. The number of hydrogen-bond acceptors (Lipinski definition) is 4. The molecule has 6 nitrogen and oxygen atoms in total. The maximum Gasteiger partial charge on any atom is 0.243 e. The zero-order valence-electron chi connectivity index (χ0n) is 14.8. The van der Waals surface area contributed by atoms with Gasteiger partial charge in [-0.2, -0.15) is 0 Å². The van der Waals surface area contributed by atoms with Crippen LogP contribution in [0.5, 0.6) is 5.75 Å². The molecule has 0 radical (unpaired) electrons. The number of carbonyl (C=O) groups excluding carboxylic acids is 1. The van der Waals surface area contributed by atoms with Gasteiger partial charge in [-0.1, -0.05) is 30.9 Å². The van der Waals surface area contributed by atoms with E-state index in [4.69, 9.17) is 16.3 Å². The van der Waals surface area contributed by atoms with Crippen molar-refractivity contribution < 1.29 is 17.9 Å². The van der Waals surface area contributed by atoms with Crippen LogP contribution in [0.25, 0.3) is 0 Å². The number of rotatable bonds is 6. The van der Waals surface area contributed by atoms with Gasteiger partial charge in [0.05, 0.1) is 19.1 Å². The van der Waals surface area contributed by atoms with E-state index in [9.17, 15) is 13.2 Å². The first-order chi connectivity index (χ1) is 11.7. The molecule has 1 N–H and O–H groups in total. The van der Waals surface area contributed by atoms with Crippen molar-refractivity contribution in [3.05, 3.63) is 23.2 Å². The number of nitrogens with one attached hydrogen (secondary N) is 1. The van der Waals surface area contributed by atoms with Gasteiger partial charge in [-0.15, -0.1) is 0 Å². The minimum atomic E-state index is -3.72. The first-order valence-corrected chi connectivity index (χ1v) is 10.6. The summed E-state index contributed by atoms with van der Waals surface area (Å²) in [5, 5.41) is 3.34. The Morgan fingerprint density at radius 2 is 1.96 bits per heavy atom. The quantitative estimate of drug-likeness (QED) is 0.812. The fraction of sp³-hybridized carbons (Fsp3) is 0.588. The topological polar surface area (TPSA) is 75.7 Å². The zero-order chi connectivity index (χ0) is 18.6. The first-order valence-electron chi connectivity index (χ1n) is 8.37. The van der Waals surface area contributed by atoms with Crippen molar-refractivity contribution in [1.29, 1.82) is 0 Å². The van der Waals surface area contributed by atoms with Crippen molar-refractivity contribution >= 4 is 33.2 Å². The molecule has 1 aromatic carbocycles. The van der Waals surface area contributed by atoms with Crippen LogP contribution in [0, 0.1) is 0 Å². The lowest BCUT2D eigenvalue weighted by molar-refractivity contribution is -0.122. The second-order valence-corrected chi connectivity index (χ2v) is 8.69. The number of benzene rings is 1. The lowest BCUT2D eigenvalue weighted by atomic mass is 9.95. The van der Waals surface area contributed by atoms with Gasteiger partial charge >= 0.3 is 0 Å². The molecule has 1 amide bonds. The summed E-state index contributed by atoms with van der Waals surface area (Å²) in [5.74, 6) is 0.0199. The van der Waals surface area contributed by atoms with Crippen LogP contribution in [-0.2, 0) is 14.8 Å². The van der Waals surface area contributed by atoms with Gasteiger partial charge < -0.3 is 10.1 Å². The maximum absolute atomic E-state index is 12.7.